The second kappa shape index (κ2) is 5.97. The minimum absolute atomic E-state index is 0.193. The van der Waals surface area contributed by atoms with Gasteiger partial charge < -0.3 is 4.90 Å². The first-order valence-electron chi connectivity index (χ1n) is 7.86. The molecule has 0 radical (unpaired) electrons. The fraction of sp³-hybridized carbons (Fsp3) is 0.250. The summed E-state index contributed by atoms with van der Waals surface area (Å²) in [6.45, 7) is 0.508. The zero-order valence-electron chi connectivity index (χ0n) is 13.3. The number of hydrogen-bond donors (Lipinski definition) is 0. The van der Waals surface area contributed by atoms with E-state index in [0.29, 0.717) is 25.2 Å². The molecule has 1 atom stereocenters. The highest BCUT2D eigenvalue weighted by Gasteiger charge is 2.31. The van der Waals surface area contributed by atoms with Gasteiger partial charge in [-0.3, -0.25) is 10.1 Å². The molecule has 0 spiro atoms. The molecule has 134 valence electrons. The summed E-state index contributed by atoms with van der Waals surface area (Å²) in [5, 5.41) is 14.5. The van der Waals surface area contributed by atoms with Crippen LogP contribution in [0.4, 0.5) is 24.7 Å². The Morgan fingerprint density at radius 1 is 1.23 bits per heavy atom. The molecule has 1 aliphatic rings. The molecule has 1 aromatic carbocycles. The van der Waals surface area contributed by atoms with Gasteiger partial charge in [0.1, 0.15) is 17.5 Å². The molecule has 0 bridgehead atoms. The van der Waals surface area contributed by atoms with Crippen LogP contribution < -0.4 is 4.90 Å². The summed E-state index contributed by atoms with van der Waals surface area (Å²) in [7, 11) is 0. The highest BCUT2D eigenvalue weighted by atomic mass is 19.1. The van der Waals surface area contributed by atoms with E-state index in [-0.39, 0.29) is 11.2 Å². The smallest absolute Gasteiger partial charge is 0.349 e. The van der Waals surface area contributed by atoms with Crippen LogP contribution in [0.3, 0.4) is 0 Å². The van der Waals surface area contributed by atoms with Crippen molar-refractivity contribution in [3.8, 4) is 0 Å². The number of halogens is 3. The largest absolute Gasteiger partial charge is 0.369 e. The van der Waals surface area contributed by atoms with E-state index in [2.05, 4.69) is 10.1 Å². The standard InChI is InChI=1S/C16H12F3N5O2/c17-9-3-4-11(18)10(8-9)12-2-1-6-22(12)13-5-7-23-16(20-13)14(24(25)26)15(19)21-23/h3-5,7-8,12H,1-2,6H2/t12-/m1/s1. The number of rotatable bonds is 3. The topological polar surface area (TPSA) is 76.6 Å². The molecule has 4 rings (SSSR count). The minimum Gasteiger partial charge on any atom is -0.349 e. The second-order valence-electron chi connectivity index (χ2n) is 5.97. The van der Waals surface area contributed by atoms with Gasteiger partial charge in [-0.15, -0.1) is 5.10 Å². The summed E-state index contributed by atoms with van der Waals surface area (Å²) in [6.07, 6.45) is 2.64. The summed E-state index contributed by atoms with van der Waals surface area (Å²) >= 11 is 0. The minimum atomic E-state index is -1.23. The Morgan fingerprint density at radius 3 is 2.81 bits per heavy atom. The van der Waals surface area contributed by atoms with Gasteiger partial charge in [0.15, 0.2) is 0 Å². The van der Waals surface area contributed by atoms with Gasteiger partial charge in [-0.1, -0.05) is 0 Å². The highest BCUT2D eigenvalue weighted by Crippen LogP contribution is 2.37. The van der Waals surface area contributed by atoms with Gasteiger partial charge in [-0.25, -0.2) is 18.3 Å². The molecule has 26 heavy (non-hydrogen) atoms. The number of aromatic nitrogens is 3. The lowest BCUT2D eigenvalue weighted by Gasteiger charge is -2.26. The van der Waals surface area contributed by atoms with E-state index in [1.54, 1.807) is 4.90 Å². The molecule has 0 unspecified atom stereocenters. The molecular formula is C16H12F3N5O2. The van der Waals surface area contributed by atoms with Crippen LogP contribution in [-0.4, -0.2) is 26.1 Å². The zero-order valence-corrected chi connectivity index (χ0v) is 13.3. The number of hydrogen-bond acceptors (Lipinski definition) is 5. The van der Waals surface area contributed by atoms with E-state index in [0.717, 1.165) is 22.7 Å². The Balaban J connectivity index is 1.80. The van der Waals surface area contributed by atoms with Gasteiger partial charge in [0.2, 0.25) is 5.65 Å². The molecule has 1 saturated heterocycles. The number of fused-ring (bicyclic) bond motifs is 1. The lowest BCUT2D eigenvalue weighted by Crippen LogP contribution is -2.24. The third-order valence-electron chi connectivity index (χ3n) is 4.45. The first kappa shape index (κ1) is 16.3. The first-order chi connectivity index (χ1) is 12.5. The predicted octanol–water partition coefficient (Wildman–Crippen LogP) is 3.40. The Labute approximate surface area is 144 Å². The van der Waals surface area contributed by atoms with E-state index < -0.39 is 34.2 Å². The molecule has 0 saturated carbocycles. The second-order valence-corrected chi connectivity index (χ2v) is 5.97. The van der Waals surface area contributed by atoms with Gasteiger partial charge in [0.05, 0.1) is 11.0 Å². The third-order valence-corrected chi connectivity index (χ3v) is 4.45. The van der Waals surface area contributed by atoms with Crippen LogP contribution in [0.2, 0.25) is 0 Å². The van der Waals surface area contributed by atoms with Crippen LogP contribution in [0.15, 0.2) is 30.5 Å². The van der Waals surface area contributed by atoms with Crippen LogP contribution in [-0.2, 0) is 0 Å². The van der Waals surface area contributed by atoms with E-state index >= 15 is 0 Å². The maximum atomic E-state index is 14.2. The number of nitro groups is 1. The number of benzene rings is 1. The summed E-state index contributed by atoms with van der Waals surface area (Å²) < 4.78 is 42.4. The van der Waals surface area contributed by atoms with Gasteiger partial charge in [-0.05, 0) is 37.1 Å². The number of nitrogens with zero attached hydrogens (tertiary/aromatic N) is 5. The van der Waals surface area contributed by atoms with E-state index in [9.17, 15) is 23.3 Å². The van der Waals surface area contributed by atoms with Crippen LogP contribution in [0.5, 0.6) is 0 Å². The maximum Gasteiger partial charge on any atom is 0.369 e. The Hall–Kier alpha value is -3.17. The average molecular weight is 363 g/mol. The average Bonchev–Trinajstić information content (AvgIpc) is 3.19. The fourth-order valence-corrected chi connectivity index (χ4v) is 3.33. The molecule has 1 fully saturated rings. The molecular weight excluding hydrogens is 351 g/mol. The quantitative estimate of drug-likeness (QED) is 0.527. The van der Waals surface area contributed by atoms with Crippen molar-refractivity contribution in [2.45, 2.75) is 18.9 Å². The molecule has 3 heterocycles. The molecule has 0 amide bonds. The lowest BCUT2D eigenvalue weighted by molar-refractivity contribution is -0.386. The van der Waals surface area contributed by atoms with Crippen molar-refractivity contribution >= 4 is 17.2 Å². The van der Waals surface area contributed by atoms with Crippen molar-refractivity contribution in [1.29, 1.82) is 0 Å². The Bertz CT molecular complexity index is 1020. The van der Waals surface area contributed by atoms with Crippen LogP contribution >= 0.6 is 0 Å². The van der Waals surface area contributed by atoms with E-state index in [1.807, 2.05) is 0 Å². The SMILES string of the molecule is O=[N+]([O-])c1c(F)nn2ccc(N3CCC[C@@H]3c3cc(F)ccc3F)nc12. The highest BCUT2D eigenvalue weighted by molar-refractivity contribution is 5.62. The monoisotopic (exact) mass is 363 g/mol. The van der Waals surface area contributed by atoms with Crippen molar-refractivity contribution in [3.05, 3.63) is 63.7 Å². The van der Waals surface area contributed by atoms with Crippen molar-refractivity contribution in [3.63, 3.8) is 0 Å². The molecule has 2 aromatic heterocycles. The molecule has 0 N–H and O–H groups in total. The fourth-order valence-electron chi connectivity index (χ4n) is 3.33. The van der Waals surface area contributed by atoms with Crippen molar-refractivity contribution in [2.75, 3.05) is 11.4 Å². The first-order valence-corrected chi connectivity index (χ1v) is 7.86. The Morgan fingerprint density at radius 2 is 2.04 bits per heavy atom. The molecule has 10 heteroatoms. The van der Waals surface area contributed by atoms with E-state index in [1.165, 1.54) is 12.3 Å². The lowest BCUT2D eigenvalue weighted by atomic mass is 10.0. The van der Waals surface area contributed by atoms with Crippen LogP contribution in [0, 0.1) is 27.7 Å². The normalized spacial score (nSPS) is 17.2. The van der Waals surface area contributed by atoms with Crippen molar-refractivity contribution in [2.24, 2.45) is 0 Å². The molecule has 0 aliphatic carbocycles. The van der Waals surface area contributed by atoms with Gasteiger partial charge in [-0.2, -0.15) is 4.39 Å². The van der Waals surface area contributed by atoms with Crippen LogP contribution in [0.25, 0.3) is 5.65 Å². The molecule has 3 aromatic rings. The maximum absolute atomic E-state index is 14.2. The zero-order chi connectivity index (χ0) is 18.4. The Kier molecular flexibility index (Phi) is 3.74. The summed E-state index contributed by atoms with van der Waals surface area (Å²) in [5.74, 6) is -2.00. The van der Waals surface area contributed by atoms with Gasteiger partial charge >= 0.3 is 11.6 Å². The summed E-state index contributed by atoms with van der Waals surface area (Å²) in [5.41, 5.74) is -0.867. The predicted molar refractivity (Wildman–Crippen MR) is 85.3 cm³/mol. The number of anilines is 1. The van der Waals surface area contributed by atoms with Crippen molar-refractivity contribution in [1.82, 2.24) is 14.6 Å². The van der Waals surface area contributed by atoms with E-state index in [4.69, 9.17) is 0 Å². The van der Waals surface area contributed by atoms with Crippen molar-refractivity contribution < 1.29 is 18.1 Å². The molecule has 1 aliphatic heterocycles. The summed E-state index contributed by atoms with van der Waals surface area (Å²) in [4.78, 5) is 16.1. The molecule has 7 nitrogen and oxygen atoms in total. The third kappa shape index (κ3) is 2.54. The van der Waals surface area contributed by atoms with Gasteiger partial charge in [0.25, 0.3) is 0 Å². The van der Waals surface area contributed by atoms with Gasteiger partial charge in [0, 0.05) is 18.3 Å². The summed E-state index contributed by atoms with van der Waals surface area (Å²) in [6, 6.07) is 4.29. The van der Waals surface area contributed by atoms with Crippen LogP contribution in [0.1, 0.15) is 24.4 Å².